The van der Waals surface area contributed by atoms with Crippen molar-refractivity contribution >= 4 is 40.0 Å². The summed E-state index contributed by atoms with van der Waals surface area (Å²) >= 11 is 1.13. The third-order valence-corrected chi connectivity index (χ3v) is 5.42. The molecule has 9 nitrogen and oxygen atoms in total. The van der Waals surface area contributed by atoms with E-state index in [0.29, 0.717) is 16.9 Å². The van der Waals surface area contributed by atoms with Gasteiger partial charge in [0.15, 0.2) is 6.79 Å². The molecule has 1 amide bonds. The number of hydrogen-bond donors (Lipinski definition) is 1. The standard InChI is InChI=1S/C24H22N2O7S/c1-3-32-24(28)22-20(17-5-4-6-18(13-17)26(29)30)14-34-23(22)25-21(27)12-9-16-7-10-19(11-8-16)33-15-31-2/h4-14H,3,15H2,1-2H3,(H,25,27)/b12-9+. The summed E-state index contributed by atoms with van der Waals surface area (Å²) in [7, 11) is 1.53. The van der Waals surface area contributed by atoms with Gasteiger partial charge in [-0.2, -0.15) is 0 Å². The maximum Gasteiger partial charge on any atom is 0.341 e. The van der Waals surface area contributed by atoms with E-state index in [1.807, 2.05) is 0 Å². The molecule has 3 aromatic rings. The van der Waals surface area contributed by atoms with Gasteiger partial charge in [0.05, 0.1) is 11.5 Å². The lowest BCUT2D eigenvalue weighted by Crippen LogP contribution is -2.12. The van der Waals surface area contributed by atoms with Crippen LogP contribution in [0.5, 0.6) is 5.75 Å². The highest BCUT2D eigenvalue weighted by molar-refractivity contribution is 7.15. The molecule has 0 atom stereocenters. The van der Waals surface area contributed by atoms with E-state index in [-0.39, 0.29) is 29.7 Å². The maximum atomic E-state index is 12.7. The lowest BCUT2D eigenvalue weighted by molar-refractivity contribution is -0.384. The third-order valence-electron chi connectivity index (χ3n) is 4.53. The number of amides is 1. The Labute approximate surface area is 199 Å². The molecule has 0 spiro atoms. The van der Waals surface area contributed by atoms with Gasteiger partial charge in [0.1, 0.15) is 16.3 Å². The molecule has 34 heavy (non-hydrogen) atoms. The zero-order valence-electron chi connectivity index (χ0n) is 18.5. The quantitative estimate of drug-likeness (QED) is 0.140. The minimum atomic E-state index is -0.629. The Balaban J connectivity index is 1.81. The molecule has 0 bridgehead atoms. The van der Waals surface area contributed by atoms with E-state index in [1.54, 1.807) is 48.7 Å². The second-order valence-electron chi connectivity index (χ2n) is 6.82. The summed E-state index contributed by atoms with van der Waals surface area (Å²) in [6.07, 6.45) is 2.96. The summed E-state index contributed by atoms with van der Waals surface area (Å²) in [5.74, 6) is -0.441. The van der Waals surface area contributed by atoms with Crippen LogP contribution in [0.3, 0.4) is 0 Å². The van der Waals surface area contributed by atoms with Gasteiger partial charge < -0.3 is 19.5 Å². The molecular weight excluding hydrogens is 460 g/mol. The zero-order valence-corrected chi connectivity index (χ0v) is 19.3. The molecule has 0 saturated heterocycles. The molecule has 0 unspecified atom stereocenters. The fourth-order valence-corrected chi connectivity index (χ4v) is 3.94. The SMILES string of the molecule is CCOC(=O)c1c(-c2cccc([N+](=O)[O-])c2)csc1NC(=O)/C=C/c1ccc(OCOC)cc1. The van der Waals surface area contributed by atoms with Crippen molar-refractivity contribution in [1.82, 2.24) is 0 Å². The second-order valence-corrected chi connectivity index (χ2v) is 7.70. The number of non-ortho nitro benzene ring substituents is 1. The maximum absolute atomic E-state index is 12.7. The van der Waals surface area contributed by atoms with Gasteiger partial charge in [-0.05, 0) is 36.3 Å². The van der Waals surface area contributed by atoms with Crippen molar-refractivity contribution in [2.24, 2.45) is 0 Å². The van der Waals surface area contributed by atoms with Crippen LogP contribution in [-0.2, 0) is 14.3 Å². The predicted octanol–water partition coefficient (Wildman–Crippen LogP) is 5.13. The first-order valence-electron chi connectivity index (χ1n) is 10.2. The van der Waals surface area contributed by atoms with Crippen molar-refractivity contribution in [3.05, 3.63) is 81.2 Å². The zero-order chi connectivity index (χ0) is 24.5. The van der Waals surface area contributed by atoms with Crippen LogP contribution in [0.2, 0.25) is 0 Å². The van der Waals surface area contributed by atoms with E-state index >= 15 is 0 Å². The van der Waals surface area contributed by atoms with E-state index in [0.717, 1.165) is 16.9 Å². The molecule has 1 aromatic heterocycles. The monoisotopic (exact) mass is 482 g/mol. The average Bonchev–Trinajstić information content (AvgIpc) is 3.25. The van der Waals surface area contributed by atoms with Gasteiger partial charge in [-0.1, -0.05) is 24.3 Å². The van der Waals surface area contributed by atoms with Gasteiger partial charge in [-0.25, -0.2) is 4.79 Å². The number of ether oxygens (including phenoxy) is 3. The van der Waals surface area contributed by atoms with E-state index in [1.165, 1.54) is 31.4 Å². The smallest absolute Gasteiger partial charge is 0.341 e. The van der Waals surface area contributed by atoms with E-state index in [2.05, 4.69) is 5.32 Å². The second kappa shape index (κ2) is 11.7. The first kappa shape index (κ1) is 24.6. The molecule has 1 heterocycles. The van der Waals surface area contributed by atoms with Gasteiger partial charge in [-0.15, -0.1) is 11.3 Å². The molecule has 0 fully saturated rings. The number of methoxy groups -OCH3 is 1. The van der Waals surface area contributed by atoms with Crippen molar-refractivity contribution in [3.63, 3.8) is 0 Å². The molecule has 0 saturated carbocycles. The first-order chi connectivity index (χ1) is 16.4. The Hall–Kier alpha value is -4.02. The molecule has 0 aliphatic heterocycles. The Morgan fingerprint density at radius 1 is 1.18 bits per heavy atom. The summed E-state index contributed by atoms with van der Waals surface area (Å²) in [6, 6.07) is 13.0. The summed E-state index contributed by atoms with van der Waals surface area (Å²) < 4.78 is 15.3. The Morgan fingerprint density at radius 3 is 2.62 bits per heavy atom. The number of thiophene rings is 1. The van der Waals surface area contributed by atoms with Crippen LogP contribution in [0.1, 0.15) is 22.8 Å². The fraction of sp³-hybridized carbons (Fsp3) is 0.167. The van der Waals surface area contributed by atoms with Gasteiger partial charge in [-0.3, -0.25) is 14.9 Å². The Bertz CT molecular complexity index is 1200. The number of benzene rings is 2. The highest BCUT2D eigenvalue weighted by atomic mass is 32.1. The molecule has 0 aliphatic carbocycles. The van der Waals surface area contributed by atoms with Crippen LogP contribution in [0.4, 0.5) is 10.7 Å². The van der Waals surface area contributed by atoms with Crippen LogP contribution in [0, 0.1) is 10.1 Å². The largest absolute Gasteiger partial charge is 0.468 e. The number of esters is 1. The number of nitrogens with one attached hydrogen (secondary N) is 1. The predicted molar refractivity (Wildman–Crippen MR) is 129 cm³/mol. The average molecular weight is 483 g/mol. The van der Waals surface area contributed by atoms with Crippen molar-refractivity contribution in [1.29, 1.82) is 0 Å². The molecule has 176 valence electrons. The number of nitro benzene ring substituents is 1. The number of anilines is 1. The van der Waals surface area contributed by atoms with E-state index in [9.17, 15) is 19.7 Å². The molecule has 0 radical (unpaired) electrons. The van der Waals surface area contributed by atoms with Crippen molar-refractivity contribution < 1.29 is 28.7 Å². The van der Waals surface area contributed by atoms with Crippen molar-refractivity contribution in [2.75, 3.05) is 25.8 Å². The van der Waals surface area contributed by atoms with Gasteiger partial charge in [0.2, 0.25) is 5.91 Å². The number of carbonyl (C=O) groups excluding carboxylic acids is 2. The molecule has 2 aromatic carbocycles. The van der Waals surface area contributed by atoms with Gasteiger partial charge in [0, 0.05) is 36.3 Å². The highest BCUT2D eigenvalue weighted by Crippen LogP contribution is 2.37. The lowest BCUT2D eigenvalue weighted by Gasteiger charge is -2.08. The van der Waals surface area contributed by atoms with Crippen LogP contribution in [-0.4, -0.2) is 37.3 Å². The van der Waals surface area contributed by atoms with Crippen molar-refractivity contribution in [3.8, 4) is 16.9 Å². The number of carbonyl (C=O) groups is 2. The lowest BCUT2D eigenvalue weighted by atomic mass is 10.0. The minimum Gasteiger partial charge on any atom is -0.468 e. The normalized spacial score (nSPS) is 10.8. The van der Waals surface area contributed by atoms with E-state index < -0.39 is 16.8 Å². The van der Waals surface area contributed by atoms with E-state index in [4.69, 9.17) is 14.2 Å². The third kappa shape index (κ3) is 6.27. The van der Waals surface area contributed by atoms with Crippen LogP contribution in [0.15, 0.2) is 60.0 Å². The molecule has 0 aliphatic rings. The molecular formula is C24H22N2O7S. The number of hydrogen-bond acceptors (Lipinski definition) is 8. The number of nitro groups is 1. The highest BCUT2D eigenvalue weighted by Gasteiger charge is 2.23. The Morgan fingerprint density at radius 2 is 1.94 bits per heavy atom. The van der Waals surface area contributed by atoms with Crippen LogP contribution >= 0.6 is 11.3 Å². The van der Waals surface area contributed by atoms with Crippen LogP contribution < -0.4 is 10.1 Å². The number of nitrogens with zero attached hydrogens (tertiary/aromatic N) is 1. The fourth-order valence-electron chi connectivity index (χ4n) is 2.98. The Kier molecular flexibility index (Phi) is 8.49. The topological polar surface area (TPSA) is 117 Å². The van der Waals surface area contributed by atoms with Gasteiger partial charge >= 0.3 is 5.97 Å². The summed E-state index contributed by atoms with van der Waals surface area (Å²) in [5.41, 5.74) is 1.73. The summed E-state index contributed by atoms with van der Waals surface area (Å²) in [4.78, 5) is 35.8. The van der Waals surface area contributed by atoms with Crippen molar-refractivity contribution in [2.45, 2.75) is 6.92 Å². The molecule has 1 N–H and O–H groups in total. The van der Waals surface area contributed by atoms with Gasteiger partial charge in [0.25, 0.3) is 5.69 Å². The molecule has 3 rings (SSSR count). The minimum absolute atomic E-state index is 0.106. The summed E-state index contributed by atoms with van der Waals surface area (Å²) in [6.45, 7) is 1.95. The summed E-state index contributed by atoms with van der Waals surface area (Å²) in [5, 5.41) is 15.8. The van der Waals surface area contributed by atoms with Crippen LogP contribution in [0.25, 0.3) is 17.2 Å². The number of rotatable bonds is 10. The molecule has 10 heteroatoms. The first-order valence-corrected chi connectivity index (χ1v) is 11.0.